The van der Waals surface area contributed by atoms with E-state index in [1.165, 1.54) is 17.2 Å². The van der Waals surface area contributed by atoms with Crippen LogP contribution in [0, 0.1) is 31.6 Å². The first-order chi connectivity index (χ1) is 27.0. The van der Waals surface area contributed by atoms with Crippen LogP contribution in [0.1, 0.15) is 103 Å². The van der Waals surface area contributed by atoms with Crippen molar-refractivity contribution in [2.45, 2.75) is 85.0 Å². The molecule has 2 fully saturated rings. The minimum Gasteiger partial charge on any atom is -0.508 e. The van der Waals surface area contributed by atoms with E-state index in [9.17, 15) is 24.3 Å². The van der Waals surface area contributed by atoms with Crippen molar-refractivity contribution in [3.8, 4) is 5.75 Å². The summed E-state index contributed by atoms with van der Waals surface area (Å²) in [6, 6.07) is 30.7. The van der Waals surface area contributed by atoms with Crippen LogP contribution in [-0.2, 0) is 19.2 Å². The molecular weight excluding hydrogens is 693 g/mol. The molecule has 0 atom stereocenters. The monoisotopic (exact) mass is 746 g/mol. The lowest BCUT2D eigenvalue weighted by Crippen LogP contribution is -2.39. The summed E-state index contributed by atoms with van der Waals surface area (Å²) in [4.78, 5) is 52.4. The maximum atomic E-state index is 13.2. The van der Waals surface area contributed by atoms with Crippen LogP contribution < -0.4 is 0 Å². The van der Waals surface area contributed by atoms with Crippen molar-refractivity contribution in [2.24, 2.45) is 10.8 Å². The van der Waals surface area contributed by atoms with Gasteiger partial charge in [-0.3, -0.25) is 19.2 Å². The summed E-state index contributed by atoms with van der Waals surface area (Å²) in [6.07, 6.45) is 21.8. The lowest BCUT2D eigenvalue weighted by Gasteiger charge is -2.32. The van der Waals surface area contributed by atoms with Crippen LogP contribution in [-0.4, -0.2) is 28.2 Å². The highest BCUT2D eigenvalue weighted by Crippen LogP contribution is 2.40. The Labute approximate surface area is 332 Å². The van der Waals surface area contributed by atoms with Crippen LogP contribution in [0.15, 0.2) is 121 Å². The van der Waals surface area contributed by atoms with Gasteiger partial charge in [0.2, 0.25) is 0 Å². The number of allylic oxidation sites excluding steroid dienone is 4. The molecule has 1 N–H and O–H groups in total. The van der Waals surface area contributed by atoms with E-state index in [0.717, 1.165) is 66.3 Å². The zero-order valence-electron chi connectivity index (χ0n) is 33.0. The van der Waals surface area contributed by atoms with Gasteiger partial charge in [-0.2, -0.15) is 0 Å². The first kappa shape index (κ1) is 41.5. The van der Waals surface area contributed by atoms with Gasteiger partial charge in [0.05, 0.1) is 10.8 Å². The summed E-state index contributed by atoms with van der Waals surface area (Å²) in [7, 11) is 0. The molecule has 0 amide bonds. The molecule has 4 aromatic carbocycles. The van der Waals surface area contributed by atoms with Crippen LogP contribution in [0.4, 0.5) is 0 Å². The number of aryl methyl sites for hydroxylation is 3. The minimum atomic E-state index is -0.952. The first-order valence-corrected chi connectivity index (χ1v) is 19.9. The third-order valence-electron chi connectivity index (χ3n) is 11.4. The predicted octanol–water partition coefficient (Wildman–Crippen LogP) is 11.6. The molecule has 0 unspecified atom stereocenters. The fraction of sp³-hybridized carbons (Fsp3) is 0.294. The molecule has 0 heterocycles. The topological polar surface area (TPSA) is 88.5 Å². The van der Waals surface area contributed by atoms with Crippen LogP contribution in [0.3, 0.4) is 0 Å². The standard InChI is InChI=1S/C26H28O2.C25H26O3/c1-20-11-12-23(19-21(20)2)14-16-25(28)26(17-7-4-8-18-26)24(27)15-13-22-9-5-3-6-10-22;1-19-18-21(10-13-22(19)26)12-15-24(28)25(16-6-3-7-17-25)23(27)14-11-20-8-4-2-5-9-20/h3,5-6,9-16,19H,4,7-8,17-18H2,1-2H3;2,4-5,8-15,18,26H,3,6-7,16-17H2,1H3/b15-13+,16-14+;14-11+,15-12+. The highest BCUT2D eigenvalue weighted by molar-refractivity contribution is 6.18. The Kier molecular flexibility index (Phi) is 14.6. The first-order valence-electron chi connectivity index (χ1n) is 19.9. The molecule has 0 aromatic heterocycles. The molecule has 4 aromatic rings. The Balaban J connectivity index is 0.000000214. The van der Waals surface area contributed by atoms with E-state index < -0.39 is 10.8 Å². The van der Waals surface area contributed by atoms with E-state index >= 15 is 0 Å². The van der Waals surface area contributed by atoms with E-state index in [0.29, 0.717) is 25.7 Å². The van der Waals surface area contributed by atoms with E-state index in [1.807, 2.05) is 91.9 Å². The van der Waals surface area contributed by atoms with Gasteiger partial charge in [0, 0.05) is 0 Å². The van der Waals surface area contributed by atoms with Gasteiger partial charge in [-0.05, 0) is 122 Å². The molecule has 0 bridgehead atoms. The zero-order valence-corrected chi connectivity index (χ0v) is 33.0. The molecular formula is C51H54O5. The summed E-state index contributed by atoms with van der Waals surface area (Å²) in [5, 5.41) is 9.65. The second-order valence-electron chi connectivity index (χ2n) is 15.3. The number of aromatic hydroxyl groups is 1. The fourth-order valence-electron chi connectivity index (χ4n) is 7.64. The number of hydrogen-bond donors (Lipinski definition) is 1. The van der Waals surface area contributed by atoms with Gasteiger partial charge >= 0.3 is 0 Å². The molecule has 6 rings (SSSR count). The number of carbonyl (C=O) groups is 4. The van der Waals surface area contributed by atoms with Gasteiger partial charge in [-0.25, -0.2) is 0 Å². The average Bonchev–Trinajstić information content (AvgIpc) is 3.23. The number of hydrogen-bond acceptors (Lipinski definition) is 5. The van der Waals surface area contributed by atoms with E-state index in [4.69, 9.17) is 0 Å². The van der Waals surface area contributed by atoms with Gasteiger partial charge in [-0.1, -0.05) is 148 Å². The molecule has 0 spiro atoms. The van der Waals surface area contributed by atoms with Crippen molar-refractivity contribution in [1.82, 2.24) is 0 Å². The molecule has 2 saturated carbocycles. The maximum absolute atomic E-state index is 13.2. The second kappa shape index (κ2) is 19.8. The lowest BCUT2D eigenvalue weighted by molar-refractivity contribution is -0.138. The third-order valence-corrected chi connectivity index (χ3v) is 11.4. The van der Waals surface area contributed by atoms with Crippen LogP contribution in [0.5, 0.6) is 5.75 Å². The molecule has 0 saturated heterocycles. The molecule has 0 aliphatic heterocycles. The molecule has 288 valence electrons. The Morgan fingerprint density at radius 2 is 0.786 bits per heavy atom. The maximum Gasteiger partial charge on any atom is 0.169 e. The molecule has 5 nitrogen and oxygen atoms in total. The minimum absolute atomic E-state index is 0.0619. The van der Waals surface area contributed by atoms with E-state index in [-0.39, 0.29) is 28.9 Å². The van der Waals surface area contributed by atoms with Crippen molar-refractivity contribution in [1.29, 1.82) is 0 Å². The number of phenols is 1. The third kappa shape index (κ3) is 10.8. The normalized spacial score (nSPS) is 16.5. The van der Waals surface area contributed by atoms with Crippen molar-refractivity contribution in [2.75, 3.05) is 0 Å². The smallest absolute Gasteiger partial charge is 0.169 e. The lowest BCUT2D eigenvalue weighted by atomic mass is 9.68. The van der Waals surface area contributed by atoms with Crippen molar-refractivity contribution in [3.05, 3.63) is 160 Å². The zero-order chi connectivity index (χ0) is 40.0. The average molecular weight is 747 g/mol. The second-order valence-corrected chi connectivity index (χ2v) is 15.3. The van der Waals surface area contributed by atoms with E-state index in [1.54, 1.807) is 42.5 Å². The summed E-state index contributed by atoms with van der Waals surface area (Å²) in [5.41, 5.74) is 5.08. The molecule has 2 aliphatic rings. The van der Waals surface area contributed by atoms with Crippen molar-refractivity contribution in [3.63, 3.8) is 0 Å². The molecule has 2 aliphatic carbocycles. The summed E-state index contributed by atoms with van der Waals surface area (Å²) < 4.78 is 0. The number of ketones is 4. The Morgan fingerprint density at radius 3 is 1.16 bits per heavy atom. The van der Waals surface area contributed by atoms with Crippen LogP contribution >= 0.6 is 0 Å². The number of phenolic OH excluding ortho intramolecular Hbond substituents is 1. The largest absolute Gasteiger partial charge is 0.508 e. The van der Waals surface area contributed by atoms with Gasteiger partial charge in [0.1, 0.15) is 5.75 Å². The van der Waals surface area contributed by atoms with Gasteiger partial charge in [0.25, 0.3) is 0 Å². The number of carbonyl (C=O) groups excluding carboxylic acids is 4. The molecule has 5 heteroatoms. The Bertz CT molecular complexity index is 1950. The Hall–Kier alpha value is -5.68. The summed E-state index contributed by atoms with van der Waals surface area (Å²) in [6.45, 7) is 5.95. The molecule has 0 radical (unpaired) electrons. The van der Waals surface area contributed by atoms with Crippen LogP contribution in [0.2, 0.25) is 0 Å². The van der Waals surface area contributed by atoms with E-state index in [2.05, 4.69) is 26.0 Å². The predicted molar refractivity (Wildman–Crippen MR) is 229 cm³/mol. The number of benzene rings is 4. The quantitative estimate of drug-likeness (QED) is 0.115. The molecule has 56 heavy (non-hydrogen) atoms. The van der Waals surface area contributed by atoms with Gasteiger partial charge in [-0.15, -0.1) is 0 Å². The van der Waals surface area contributed by atoms with Crippen LogP contribution in [0.25, 0.3) is 24.3 Å². The van der Waals surface area contributed by atoms with Gasteiger partial charge < -0.3 is 5.11 Å². The highest BCUT2D eigenvalue weighted by atomic mass is 16.3. The van der Waals surface area contributed by atoms with Crippen molar-refractivity contribution < 1.29 is 24.3 Å². The van der Waals surface area contributed by atoms with Crippen molar-refractivity contribution >= 4 is 47.4 Å². The Morgan fingerprint density at radius 1 is 0.429 bits per heavy atom. The number of rotatable bonds is 12. The summed E-state index contributed by atoms with van der Waals surface area (Å²) >= 11 is 0. The summed E-state index contributed by atoms with van der Waals surface area (Å²) in [5.74, 6) is -0.124. The fourth-order valence-corrected chi connectivity index (χ4v) is 7.64. The van der Waals surface area contributed by atoms with Gasteiger partial charge in [0.15, 0.2) is 23.1 Å². The SMILES string of the molecule is Cc1cc(/C=C/C(=O)C2(C(=O)/C=C/c3ccccc3)CCCCC2)ccc1O.Cc1ccc(/C=C/C(=O)C2(C(=O)/C=C/c3ccccc3)CCCCC2)cc1C. The highest BCUT2D eigenvalue weighted by Gasteiger charge is 2.44.